The van der Waals surface area contributed by atoms with E-state index in [1.165, 1.54) is 0 Å². The van der Waals surface area contributed by atoms with Crippen LogP contribution >= 0.6 is 11.3 Å². The van der Waals surface area contributed by atoms with E-state index in [0.29, 0.717) is 23.8 Å². The number of hydrogen-bond acceptors (Lipinski definition) is 5. The van der Waals surface area contributed by atoms with Crippen molar-refractivity contribution in [1.82, 2.24) is 19.4 Å². The summed E-state index contributed by atoms with van der Waals surface area (Å²) in [6.07, 6.45) is 5.47. The molecule has 7 heteroatoms. The van der Waals surface area contributed by atoms with Crippen LogP contribution in [0.4, 0.5) is 0 Å². The standard InChI is InChI=1S/C21H18N4O2S/c26-20(16-7-5-15(6-8-16)11-24-10-9-22-14-24)25-12-17(13-25)27-21-23-18-3-1-2-4-19(18)28-21/h1-10,14,17H,11-13H2. The highest BCUT2D eigenvalue weighted by Crippen LogP contribution is 2.29. The molecule has 0 atom stereocenters. The van der Waals surface area contributed by atoms with Gasteiger partial charge in [0.1, 0.15) is 6.10 Å². The van der Waals surface area contributed by atoms with Crippen LogP contribution in [0.3, 0.4) is 0 Å². The highest BCUT2D eigenvalue weighted by atomic mass is 32.1. The van der Waals surface area contributed by atoms with Gasteiger partial charge in [-0.15, -0.1) is 0 Å². The van der Waals surface area contributed by atoms with E-state index in [0.717, 1.165) is 22.3 Å². The van der Waals surface area contributed by atoms with Gasteiger partial charge in [-0.25, -0.2) is 9.97 Å². The second kappa shape index (κ2) is 7.09. The maximum absolute atomic E-state index is 12.6. The number of para-hydroxylation sites is 1. The van der Waals surface area contributed by atoms with Crippen LogP contribution in [-0.4, -0.2) is 44.5 Å². The van der Waals surface area contributed by atoms with Crippen molar-refractivity contribution in [3.63, 3.8) is 0 Å². The molecule has 1 amide bonds. The average Bonchev–Trinajstić information content (AvgIpc) is 3.33. The monoisotopic (exact) mass is 390 g/mol. The quantitative estimate of drug-likeness (QED) is 0.524. The highest BCUT2D eigenvalue weighted by Gasteiger charge is 2.33. The Morgan fingerprint density at radius 1 is 1.14 bits per heavy atom. The average molecular weight is 390 g/mol. The van der Waals surface area contributed by atoms with Crippen LogP contribution in [0.15, 0.2) is 67.3 Å². The summed E-state index contributed by atoms with van der Waals surface area (Å²) in [5.74, 6) is 0.0401. The Kier molecular flexibility index (Phi) is 4.29. The van der Waals surface area contributed by atoms with Gasteiger partial charge in [0.2, 0.25) is 0 Å². The summed E-state index contributed by atoms with van der Waals surface area (Å²) in [6.45, 7) is 1.92. The van der Waals surface area contributed by atoms with E-state index >= 15 is 0 Å². The van der Waals surface area contributed by atoms with Gasteiger partial charge in [0.25, 0.3) is 11.1 Å². The minimum Gasteiger partial charge on any atom is -0.463 e. The van der Waals surface area contributed by atoms with Crippen LogP contribution < -0.4 is 4.74 Å². The van der Waals surface area contributed by atoms with Gasteiger partial charge < -0.3 is 14.2 Å². The molecule has 2 aromatic heterocycles. The number of fused-ring (bicyclic) bond motifs is 1. The fraction of sp³-hybridized carbons (Fsp3) is 0.190. The molecule has 0 spiro atoms. The summed E-state index contributed by atoms with van der Waals surface area (Å²) >= 11 is 1.54. The molecule has 0 unspecified atom stereocenters. The maximum atomic E-state index is 12.6. The molecular formula is C21H18N4O2S. The Balaban J connectivity index is 1.17. The fourth-order valence-corrected chi connectivity index (χ4v) is 4.13. The fourth-order valence-electron chi connectivity index (χ4n) is 3.25. The molecule has 1 fully saturated rings. The molecule has 1 saturated heterocycles. The van der Waals surface area contributed by atoms with Crippen LogP contribution in [0.2, 0.25) is 0 Å². The number of rotatable bonds is 5. The first kappa shape index (κ1) is 16.9. The van der Waals surface area contributed by atoms with Crippen molar-refractivity contribution in [2.75, 3.05) is 13.1 Å². The molecule has 1 aliphatic heterocycles. The Labute approximate surface area is 166 Å². The number of nitrogens with zero attached hydrogens (tertiary/aromatic N) is 4. The first-order chi connectivity index (χ1) is 13.7. The van der Waals surface area contributed by atoms with E-state index < -0.39 is 0 Å². The number of ether oxygens (including phenoxy) is 1. The zero-order valence-corrected chi connectivity index (χ0v) is 15.9. The predicted octanol–water partition coefficient (Wildman–Crippen LogP) is 3.44. The number of amides is 1. The minimum atomic E-state index is 0.00465. The van der Waals surface area contributed by atoms with E-state index in [4.69, 9.17) is 4.74 Å². The number of carbonyl (C=O) groups excluding carboxylic acids is 1. The molecule has 0 radical (unpaired) electrons. The number of imidazole rings is 1. The summed E-state index contributed by atoms with van der Waals surface area (Å²) < 4.78 is 9.04. The molecule has 0 saturated carbocycles. The van der Waals surface area contributed by atoms with Crippen LogP contribution in [0.25, 0.3) is 10.2 Å². The van der Waals surface area contributed by atoms with Gasteiger partial charge in [0, 0.05) is 24.5 Å². The third kappa shape index (κ3) is 3.36. The van der Waals surface area contributed by atoms with Crippen LogP contribution in [-0.2, 0) is 6.54 Å². The van der Waals surface area contributed by atoms with Gasteiger partial charge in [-0.3, -0.25) is 4.79 Å². The molecule has 4 aromatic rings. The smallest absolute Gasteiger partial charge is 0.274 e. The molecule has 1 aliphatic rings. The van der Waals surface area contributed by atoms with E-state index in [9.17, 15) is 4.79 Å². The van der Waals surface area contributed by atoms with Crippen LogP contribution in [0.1, 0.15) is 15.9 Å². The molecule has 140 valence electrons. The van der Waals surface area contributed by atoms with E-state index in [-0.39, 0.29) is 12.0 Å². The normalized spacial score (nSPS) is 14.2. The third-order valence-electron chi connectivity index (χ3n) is 4.80. The first-order valence-electron chi connectivity index (χ1n) is 9.11. The van der Waals surface area contributed by atoms with Crippen molar-refractivity contribution in [2.45, 2.75) is 12.6 Å². The molecule has 0 N–H and O–H groups in total. The van der Waals surface area contributed by atoms with Crippen LogP contribution in [0, 0.1) is 0 Å². The maximum Gasteiger partial charge on any atom is 0.274 e. The number of aromatic nitrogens is 3. The lowest BCUT2D eigenvalue weighted by Crippen LogP contribution is -2.56. The molecule has 6 nitrogen and oxygen atoms in total. The molecule has 2 aromatic carbocycles. The predicted molar refractivity (Wildman–Crippen MR) is 108 cm³/mol. The largest absolute Gasteiger partial charge is 0.463 e. The van der Waals surface area contributed by atoms with Crippen molar-refractivity contribution in [3.8, 4) is 5.19 Å². The second-order valence-corrected chi connectivity index (χ2v) is 7.82. The van der Waals surface area contributed by atoms with Crippen molar-refractivity contribution in [1.29, 1.82) is 0 Å². The van der Waals surface area contributed by atoms with Gasteiger partial charge >= 0.3 is 0 Å². The number of likely N-dealkylation sites (tertiary alicyclic amines) is 1. The van der Waals surface area contributed by atoms with Gasteiger partial charge in [0.05, 0.1) is 29.6 Å². The zero-order chi connectivity index (χ0) is 18.9. The van der Waals surface area contributed by atoms with Crippen molar-refractivity contribution in [2.24, 2.45) is 0 Å². The lowest BCUT2D eigenvalue weighted by molar-refractivity contribution is 0.0178. The highest BCUT2D eigenvalue weighted by molar-refractivity contribution is 7.20. The number of benzene rings is 2. The molecule has 5 rings (SSSR count). The summed E-state index contributed by atoms with van der Waals surface area (Å²) in [7, 11) is 0. The molecule has 0 bridgehead atoms. The summed E-state index contributed by atoms with van der Waals surface area (Å²) in [5.41, 5.74) is 2.79. The summed E-state index contributed by atoms with van der Waals surface area (Å²) in [5, 5.41) is 0.669. The van der Waals surface area contributed by atoms with E-state index in [1.807, 2.05) is 64.2 Å². The topological polar surface area (TPSA) is 60.2 Å². The molecule has 3 heterocycles. The third-order valence-corrected chi connectivity index (χ3v) is 5.73. The van der Waals surface area contributed by atoms with Gasteiger partial charge in [-0.2, -0.15) is 0 Å². The lowest BCUT2D eigenvalue weighted by atomic mass is 10.1. The Hall–Kier alpha value is -3.19. The van der Waals surface area contributed by atoms with Crippen molar-refractivity contribution in [3.05, 3.63) is 78.4 Å². The van der Waals surface area contributed by atoms with Crippen molar-refractivity contribution >= 4 is 27.5 Å². The van der Waals surface area contributed by atoms with Crippen molar-refractivity contribution < 1.29 is 9.53 Å². The molecule has 0 aliphatic carbocycles. The molecular weight excluding hydrogens is 372 g/mol. The SMILES string of the molecule is O=C(c1ccc(Cn2ccnc2)cc1)N1CC(Oc2nc3ccccc3s2)C1. The van der Waals surface area contributed by atoms with E-state index in [2.05, 4.69) is 9.97 Å². The van der Waals surface area contributed by atoms with Gasteiger partial charge in [-0.1, -0.05) is 35.6 Å². The van der Waals surface area contributed by atoms with Crippen LogP contribution in [0.5, 0.6) is 5.19 Å². The van der Waals surface area contributed by atoms with Gasteiger partial charge in [-0.05, 0) is 29.8 Å². The number of hydrogen-bond donors (Lipinski definition) is 0. The molecule has 28 heavy (non-hydrogen) atoms. The second-order valence-electron chi connectivity index (χ2n) is 6.83. The zero-order valence-electron chi connectivity index (χ0n) is 15.1. The minimum absolute atomic E-state index is 0.00465. The number of carbonyl (C=O) groups is 1. The number of thiazole rings is 1. The Bertz CT molecular complexity index is 1070. The Morgan fingerprint density at radius 3 is 2.71 bits per heavy atom. The lowest BCUT2D eigenvalue weighted by Gasteiger charge is -2.38. The van der Waals surface area contributed by atoms with E-state index in [1.54, 1.807) is 23.9 Å². The first-order valence-corrected chi connectivity index (χ1v) is 9.92. The summed E-state index contributed by atoms with van der Waals surface area (Å²) in [6, 6.07) is 15.7. The summed E-state index contributed by atoms with van der Waals surface area (Å²) in [4.78, 5) is 23.0. The Morgan fingerprint density at radius 2 is 1.96 bits per heavy atom. The van der Waals surface area contributed by atoms with Gasteiger partial charge in [0.15, 0.2) is 0 Å².